The Bertz CT molecular complexity index is 331. The van der Waals surface area contributed by atoms with Gasteiger partial charge in [-0.05, 0) is 24.3 Å². The molecule has 3 nitrogen and oxygen atoms in total. The fourth-order valence-corrected chi connectivity index (χ4v) is 2.23. The number of carbonyl (C=O) groups excluding carboxylic acids is 1. The molecular weight excluding hydrogens is 196 g/mol. The van der Waals surface area contributed by atoms with Crippen LogP contribution in [0.4, 0.5) is 5.69 Å². The fourth-order valence-electron chi connectivity index (χ4n) is 1.52. The molecule has 1 saturated carbocycles. The lowest BCUT2D eigenvalue weighted by Crippen LogP contribution is -2.28. The van der Waals surface area contributed by atoms with Gasteiger partial charge < -0.3 is 11.1 Å². The summed E-state index contributed by atoms with van der Waals surface area (Å²) < 4.78 is 0. The summed E-state index contributed by atoms with van der Waals surface area (Å²) in [7, 11) is 0. The molecule has 1 fully saturated rings. The van der Waals surface area contributed by atoms with Crippen molar-refractivity contribution in [1.29, 1.82) is 0 Å². The lowest BCUT2D eigenvalue weighted by Gasteiger charge is -2.24. The largest absolute Gasteiger partial charge is 0.326 e. The summed E-state index contributed by atoms with van der Waals surface area (Å²) in [5, 5.41) is 4.89. The molecule has 0 saturated heterocycles. The minimum Gasteiger partial charge on any atom is -0.326 e. The van der Waals surface area contributed by atoms with Crippen LogP contribution >= 0.6 is 11.3 Å². The molecule has 1 heterocycles. The van der Waals surface area contributed by atoms with Gasteiger partial charge in [0, 0.05) is 17.3 Å². The van der Waals surface area contributed by atoms with Gasteiger partial charge in [-0.25, -0.2) is 0 Å². The standard InChI is InChI=1S/C10H14N2OS/c11-6-9-8(4-5-14-9)12-10(13)7-2-1-3-7/h4-5,7H,1-3,6,11H2,(H,12,13). The number of rotatable bonds is 3. The molecule has 1 aliphatic carbocycles. The van der Waals surface area contributed by atoms with E-state index < -0.39 is 0 Å². The highest BCUT2D eigenvalue weighted by Crippen LogP contribution is 2.29. The SMILES string of the molecule is NCc1sccc1NC(=O)C1CCC1. The van der Waals surface area contributed by atoms with E-state index in [1.165, 1.54) is 6.42 Å². The van der Waals surface area contributed by atoms with Crippen molar-refractivity contribution in [2.24, 2.45) is 11.7 Å². The first kappa shape index (κ1) is 9.68. The second-order valence-electron chi connectivity index (χ2n) is 3.58. The number of nitrogens with two attached hydrogens (primary N) is 1. The van der Waals surface area contributed by atoms with Gasteiger partial charge in [-0.3, -0.25) is 4.79 Å². The number of hydrogen-bond acceptors (Lipinski definition) is 3. The number of anilines is 1. The van der Waals surface area contributed by atoms with Crippen LogP contribution in [0.15, 0.2) is 11.4 Å². The van der Waals surface area contributed by atoms with Crippen LogP contribution in [0.2, 0.25) is 0 Å². The Morgan fingerprint density at radius 2 is 2.43 bits per heavy atom. The Kier molecular flexibility index (Phi) is 2.84. The molecule has 0 atom stereocenters. The van der Waals surface area contributed by atoms with Crippen molar-refractivity contribution in [3.63, 3.8) is 0 Å². The van der Waals surface area contributed by atoms with Gasteiger partial charge in [0.2, 0.25) is 5.91 Å². The summed E-state index contributed by atoms with van der Waals surface area (Å²) in [5.41, 5.74) is 6.45. The van der Waals surface area contributed by atoms with Gasteiger partial charge >= 0.3 is 0 Å². The van der Waals surface area contributed by atoms with Crippen LogP contribution in [0.25, 0.3) is 0 Å². The van der Waals surface area contributed by atoms with Gasteiger partial charge in [0.05, 0.1) is 5.69 Å². The molecule has 1 amide bonds. The van der Waals surface area contributed by atoms with Crippen molar-refractivity contribution in [2.75, 3.05) is 5.32 Å². The molecule has 4 heteroatoms. The maximum Gasteiger partial charge on any atom is 0.227 e. The molecule has 0 radical (unpaired) electrons. The van der Waals surface area contributed by atoms with E-state index in [2.05, 4.69) is 5.32 Å². The number of thiophene rings is 1. The Balaban J connectivity index is 1.99. The maximum atomic E-state index is 11.6. The second kappa shape index (κ2) is 4.11. The quantitative estimate of drug-likeness (QED) is 0.801. The predicted octanol–water partition coefficient (Wildman–Crippen LogP) is 1.95. The Morgan fingerprint density at radius 1 is 1.64 bits per heavy atom. The molecule has 0 aromatic carbocycles. The topological polar surface area (TPSA) is 55.1 Å². The average molecular weight is 210 g/mol. The maximum absolute atomic E-state index is 11.6. The van der Waals surface area contributed by atoms with Gasteiger partial charge in [-0.2, -0.15) is 0 Å². The van der Waals surface area contributed by atoms with Gasteiger partial charge in [0.15, 0.2) is 0 Å². The minimum absolute atomic E-state index is 0.157. The van der Waals surface area contributed by atoms with E-state index in [0.29, 0.717) is 6.54 Å². The van der Waals surface area contributed by atoms with Gasteiger partial charge in [-0.15, -0.1) is 11.3 Å². The Labute approximate surface area is 87.3 Å². The third-order valence-corrected chi connectivity index (χ3v) is 3.61. The molecule has 1 aromatic heterocycles. The molecule has 1 aliphatic rings. The van der Waals surface area contributed by atoms with E-state index in [0.717, 1.165) is 23.4 Å². The molecule has 0 unspecified atom stereocenters. The molecule has 0 aliphatic heterocycles. The number of nitrogens with one attached hydrogen (secondary N) is 1. The predicted molar refractivity (Wildman–Crippen MR) is 58.2 cm³/mol. The van der Waals surface area contributed by atoms with Crippen molar-refractivity contribution in [3.05, 3.63) is 16.3 Å². The zero-order valence-corrected chi connectivity index (χ0v) is 8.77. The summed E-state index contributed by atoms with van der Waals surface area (Å²) in [6.07, 6.45) is 3.26. The van der Waals surface area contributed by atoms with Crippen LogP contribution in [0, 0.1) is 5.92 Å². The molecule has 0 bridgehead atoms. The molecular formula is C10H14N2OS. The first-order valence-corrected chi connectivity index (χ1v) is 5.76. The zero-order valence-electron chi connectivity index (χ0n) is 7.95. The third kappa shape index (κ3) is 1.81. The van der Waals surface area contributed by atoms with E-state index in [-0.39, 0.29) is 11.8 Å². The minimum atomic E-state index is 0.157. The highest BCUT2D eigenvalue weighted by molar-refractivity contribution is 7.10. The Hall–Kier alpha value is -0.870. The van der Waals surface area contributed by atoms with Crippen molar-refractivity contribution in [2.45, 2.75) is 25.8 Å². The van der Waals surface area contributed by atoms with Crippen molar-refractivity contribution >= 4 is 22.9 Å². The summed E-state index contributed by atoms with van der Waals surface area (Å²) >= 11 is 1.59. The van der Waals surface area contributed by atoms with Crippen molar-refractivity contribution in [3.8, 4) is 0 Å². The molecule has 0 spiro atoms. The monoisotopic (exact) mass is 210 g/mol. The highest BCUT2D eigenvalue weighted by atomic mass is 32.1. The summed E-state index contributed by atoms with van der Waals surface area (Å²) in [5.74, 6) is 0.393. The third-order valence-electron chi connectivity index (χ3n) is 2.66. The number of amides is 1. The number of hydrogen-bond donors (Lipinski definition) is 2. The summed E-state index contributed by atoms with van der Waals surface area (Å²) in [6.45, 7) is 0.498. The van der Waals surface area contributed by atoms with Crippen molar-refractivity contribution < 1.29 is 4.79 Å². The van der Waals surface area contributed by atoms with E-state index >= 15 is 0 Å². The van der Waals surface area contributed by atoms with E-state index in [4.69, 9.17) is 5.73 Å². The molecule has 2 rings (SSSR count). The van der Waals surface area contributed by atoms with Gasteiger partial charge in [-0.1, -0.05) is 6.42 Å². The van der Waals surface area contributed by atoms with Crippen LogP contribution in [0.5, 0.6) is 0 Å². The van der Waals surface area contributed by atoms with Gasteiger partial charge in [0.1, 0.15) is 0 Å². The summed E-state index contributed by atoms with van der Waals surface area (Å²) in [6, 6.07) is 1.92. The van der Waals surface area contributed by atoms with E-state index in [9.17, 15) is 4.79 Å². The lowest BCUT2D eigenvalue weighted by atomic mass is 9.85. The smallest absolute Gasteiger partial charge is 0.227 e. The number of carbonyl (C=O) groups is 1. The molecule has 3 N–H and O–H groups in total. The first-order valence-electron chi connectivity index (χ1n) is 4.88. The van der Waals surface area contributed by atoms with Crippen LogP contribution in [-0.4, -0.2) is 5.91 Å². The zero-order chi connectivity index (χ0) is 9.97. The first-order chi connectivity index (χ1) is 6.81. The van der Waals surface area contributed by atoms with Crippen LogP contribution in [-0.2, 0) is 11.3 Å². The molecule has 76 valence electrons. The van der Waals surface area contributed by atoms with Gasteiger partial charge in [0.25, 0.3) is 0 Å². The van der Waals surface area contributed by atoms with Crippen LogP contribution in [0.1, 0.15) is 24.1 Å². The van der Waals surface area contributed by atoms with E-state index in [1.54, 1.807) is 11.3 Å². The average Bonchev–Trinajstić information content (AvgIpc) is 2.48. The summed E-state index contributed by atoms with van der Waals surface area (Å²) in [4.78, 5) is 12.7. The molecule has 1 aromatic rings. The lowest BCUT2D eigenvalue weighted by molar-refractivity contribution is -0.122. The Morgan fingerprint density at radius 3 is 3.00 bits per heavy atom. The molecule has 14 heavy (non-hydrogen) atoms. The van der Waals surface area contributed by atoms with Crippen LogP contribution in [0.3, 0.4) is 0 Å². The van der Waals surface area contributed by atoms with E-state index in [1.807, 2.05) is 11.4 Å². The highest BCUT2D eigenvalue weighted by Gasteiger charge is 2.25. The van der Waals surface area contributed by atoms with Crippen LogP contribution < -0.4 is 11.1 Å². The second-order valence-corrected chi connectivity index (χ2v) is 4.58. The normalized spacial score (nSPS) is 16.4. The van der Waals surface area contributed by atoms with Crippen molar-refractivity contribution in [1.82, 2.24) is 0 Å². The fraction of sp³-hybridized carbons (Fsp3) is 0.500.